The number of hydrogen-bond donors (Lipinski definition) is 1. The summed E-state index contributed by atoms with van der Waals surface area (Å²) < 4.78 is 0. The van der Waals surface area contributed by atoms with Gasteiger partial charge in [0, 0.05) is 5.71 Å². The highest BCUT2D eigenvalue weighted by molar-refractivity contribution is 6.25. The third-order valence-electron chi connectivity index (χ3n) is 3.14. The summed E-state index contributed by atoms with van der Waals surface area (Å²) in [5, 5.41) is 12.8. The molecule has 2 nitrogen and oxygen atoms in total. The van der Waals surface area contributed by atoms with E-state index in [0.29, 0.717) is 5.92 Å². The molecule has 1 unspecified atom stereocenters. The van der Waals surface area contributed by atoms with Crippen molar-refractivity contribution in [3.8, 4) is 0 Å². The molecule has 1 aromatic carbocycles. The smallest absolute Gasteiger partial charge is 0.0392 e. The zero-order valence-corrected chi connectivity index (χ0v) is 9.83. The molecule has 1 atom stereocenters. The number of rotatable bonds is 2. The molecule has 0 aromatic heterocycles. The van der Waals surface area contributed by atoms with E-state index in [4.69, 9.17) is 5.41 Å². The van der Waals surface area contributed by atoms with E-state index in [1.807, 2.05) is 25.1 Å². The number of benzene rings is 1. The molecule has 2 rings (SSSR count). The first kappa shape index (κ1) is 10.9. The van der Waals surface area contributed by atoms with Crippen molar-refractivity contribution in [1.29, 1.82) is 5.41 Å². The fourth-order valence-corrected chi connectivity index (χ4v) is 2.12. The number of hydrogen-bond acceptors (Lipinski definition) is 1. The molecule has 1 N–H and O–H groups in total. The maximum absolute atomic E-state index is 8.25. The molecule has 0 amide bonds. The zero-order valence-electron chi connectivity index (χ0n) is 9.83. The van der Waals surface area contributed by atoms with Crippen molar-refractivity contribution in [3.63, 3.8) is 0 Å². The van der Waals surface area contributed by atoms with Gasteiger partial charge in [-0.1, -0.05) is 44.2 Å². The van der Waals surface area contributed by atoms with Crippen molar-refractivity contribution in [2.75, 3.05) is 6.54 Å². The molecule has 16 heavy (non-hydrogen) atoms. The summed E-state index contributed by atoms with van der Waals surface area (Å²) in [5.74, 6) is 0.291. The minimum Gasteiger partial charge on any atom is -0.687 e. The van der Waals surface area contributed by atoms with Crippen LogP contribution in [0.4, 0.5) is 0 Å². The third-order valence-corrected chi connectivity index (χ3v) is 3.14. The maximum Gasteiger partial charge on any atom is 0.0392 e. The van der Waals surface area contributed by atoms with E-state index >= 15 is 0 Å². The molecule has 0 bridgehead atoms. The average molecular weight is 213 g/mol. The van der Waals surface area contributed by atoms with Crippen LogP contribution in [0.3, 0.4) is 0 Å². The topological polar surface area (TPSA) is 38.0 Å². The second-order valence-electron chi connectivity index (χ2n) is 4.19. The molecule has 1 aliphatic rings. The minimum atomic E-state index is 0.291. The highest BCUT2D eigenvalue weighted by atomic mass is 14.9. The average Bonchev–Trinajstić information content (AvgIpc) is 2.31. The van der Waals surface area contributed by atoms with Gasteiger partial charge in [-0.3, -0.25) is 0 Å². The van der Waals surface area contributed by atoms with Crippen molar-refractivity contribution >= 4 is 11.3 Å². The number of nitrogens with one attached hydrogen (secondary N) is 1. The Morgan fingerprint density at radius 3 is 2.62 bits per heavy atom. The van der Waals surface area contributed by atoms with Crippen molar-refractivity contribution in [1.82, 2.24) is 0 Å². The lowest BCUT2D eigenvalue weighted by Crippen LogP contribution is -2.23. The van der Waals surface area contributed by atoms with Gasteiger partial charge in [-0.2, -0.15) is 5.70 Å². The summed E-state index contributed by atoms with van der Waals surface area (Å²) >= 11 is 0. The van der Waals surface area contributed by atoms with Crippen LogP contribution in [0.15, 0.2) is 36.0 Å². The van der Waals surface area contributed by atoms with E-state index in [2.05, 4.69) is 24.4 Å². The fraction of sp³-hybridized carbons (Fsp3) is 0.357. The molecule has 2 heteroatoms. The van der Waals surface area contributed by atoms with Gasteiger partial charge in [0.15, 0.2) is 0 Å². The van der Waals surface area contributed by atoms with Gasteiger partial charge in [0.1, 0.15) is 0 Å². The second-order valence-corrected chi connectivity index (χ2v) is 4.19. The van der Waals surface area contributed by atoms with Crippen LogP contribution in [0.2, 0.25) is 0 Å². The molecule has 0 radical (unpaired) electrons. The first-order chi connectivity index (χ1) is 7.74. The number of nitrogens with zero attached hydrogens (tertiary/aromatic N) is 1. The molecular formula is C14H17N2-. The highest BCUT2D eigenvalue weighted by Gasteiger charge is 2.18. The van der Waals surface area contributed by atoms with Crippen LogP contribution in [-0.4, -0.2) is 12.3 Å². The molecule has 1 aromatic rings. The van der Waals surface area contributed by atoms with E-state index in [0.717, 1.165) is 35.5 Å². The molecule has 84 valence electrons. The Hall–Kier alpha value is -1.57. The van der Waals surface area contributed by atoms with E-state index in [9.17, 15) is 0 Å². The van der Waals surface area contributed by atoms with E-state index in [-0.39, 0.29) is 0 Å². The van der Waals surface area contributed by atoms with Crippen LogP contribution in [0, 0.1) is 11.3 Å². The normalized spacial score (nSPS) is 20.9. The Morgan fingerprint density at radius 1 is 1.31 bits per heavy atom. The second kappa shape index (κ2) is 4.52. The lowest BCUT2D eigenvalue weighted by molar-refractivity contribution is 0.701. The summed E-state index contributed by atoms with van der Waals surface area (Å²) in [6, 6.07) is 10.1. The summed E-state index contributed by atoms with van der Waals surface area (Å²) in [4.78, 5) is 0. The maximum atomic E-state index is 8.25. The largest absolute Gasteiger partial charge is 0.687 e. The van der Waals surface area contributed by atoms with Crippen molar-refractivity contribution in [3.05, 3.63) is 46.9 Å². The Labute approximate surface area is 96.9 Å². The van der Waals surface area contributed by atoms with Gasteiger partial charge in [0.2, 0.25) is 0 Å². The Morgan fingerprint density at radius 2 is 2.00 bits per heavy atom. The zero-order chi connectivity index (χ0) is 11.5. The molecule has 0 spiro atoms. The van der Waals surface area contributed by atoms with Crippen molar-refractivity contribution in [2.45, 2.75) is 20.3 Å². The standard InChI is InChI=1S/C14H17N2/c1-3-11-9-16-10(2)13(14(11)15)12-7-5-4-6-8-12/h4-8,11,15H,3,9H2,1-2H3/q-1. The van der Waals surface area contributed by atoms with E-state index < -0.39 is 0 Å². The van der Waals surface area contributed by atoms with Gasteiger partial charge in [0.25, 0.3) is 0 Å². The molecule has 0 saturated heterocycles. The van der Waals surface area contributed by atoms with Gasteiger partial charge in [-0.15, -0.1) is 6.54 Å². The van der Waals surface area contributed by atoms with Gasteiger partial charge in [-0.25, -0.2) is 0 Å². The monoisotopic (exact) mass is 213 g/mol. The minimum absolute atomic E-state index is 0.291. The Balaban J connectivity index is 2.42. The predicted octanol–water partition coefficient (Wildman–Crippen LogP) is 3.85. The lowest BCUT2D eigenvalue weighted by Gasteiger charge is -2.38. The van der Waals surface area contributed by atoms with Gasteiger partial charge >= 0.3 is 0 Å². The van der Waals surface area contributed by atoms with Crippen LogP contribution < -0.4 is 0 Å². The number of allylic oxidation sites excluding steroid dienone is 2. The molecule has 0 aliphatic carbocycles. The molecule has 1 aliphatic heterocycles. The predicted molar refractivity (Wildman–Crippen MR) is 68.8 cm³/mol. The Kier molecular flexibility index (Phi) is 3.09. The fourth-order valence-electron chi connectivity index (χ4n) is 2.12. The molecular weight excluding hydrogens is 196 g/mol. The quantitative estimate of drug-likeness (QED) is 0.775. The van der Waals surface area contributed by atoms with Gasteiger partial charge in [-0.05, 0) is 23.5 Å². The first-order valence-electron chi connectivity index (χ1n) is 5.76. The molecule has 0 saturated carbocycles. The summed E-state index contributed by atoms with van der Waals surface area (Å²) in [7, 11) is 0. The lowest BCUT2D eigenvalue weighted by atomic mass is 9.86. The van der Waals surface area contributed by atoms with Crippen LogP contribution in [0.5, 0.6) is 0 Å². The van der Waals surface area contributed by atoms with E-state index in [1.165, 1.54) is 0 Å². The van der Waals surface area contributed by atoms with Crippen LogP contribution in [-0.2, 0) is 0 Å². The molecule has 1 heterocycles. The highest BCUT2D eigenvalue weighted by Crippen LogP contribution is 2.32. The van der Waals surface area contributed by atoms with Crippen LogP contribution in [0.1, 0.15) is 25.8 Å². The van der Waals surface area contributed by atoms with Crippen LogP contribution >= 0.6 is 0 Å². The first-order valence-corrected chi connectivity index (χ1v) is 5.76. The van der Waals surface area contributed by atoms with E-state index in [1.54, 1.807) is 0 Å². The summed E-state index contributed by atoms with van der Waals surface area (Å²) in [5.41, 5.74) is 3.90. The third kappa shape index (κ3) is 1.87. The van der Waals surface area contributed by atoms with Crippen molar-refractivity contribution < 1.29 is 0 Å². The summed E-state index contributed by atoms with van der Waals surface area (Å²) in [6.07, 6.45) is 0.992. The van der Waals surface area contributed by atoms with Crippen LogP contribution in [0.25, 0.3) is 10.9 Å². The van der Waals surface area contributed by atoms with Gasteiger partial charge < -0.3 is 10.7 Å². The Bertz CT molecular complexity index is 418. The van der Waals surface area contributed by atoms with Gasteiger partial charge in [0.05, 0.1) is 0 Å². The summed E-state index contributed by atoms with van der Waals surface area (Å²) in [6.45, 7) is 4.90. The molecule has 0 fully saturated rings. The SMILES string of the molecule is CCC1C[N-]C(C)=C(c2ccccc2)C1=N. The van der Waals surface area contributed by atoms with Crippen molar-refractivity contribution in [2.24, 2.45) is 5.92 Å².